The van der Waals surface area contributed by atoms with Gasteiger partial charge in [0.15, 0.2) is 5.76 Å². The molecule has 4 N–H and O–H groups in total. The molecule has 0 radical (unpaired) electrons. The smallest absolute Gasteiger partial charge is 0.284 e. The lowest BCUT2D eigenvalue weighted by atomic mass is 10.1. The van der Waals surface area contributed by atoms with Gasteiger partial charge in [0.05, 0.1) is 0 Å². The van der Waals surface area contributed by atoms with E-state index >= 15 is 0 Å². The van der Waals surface area contributed by atoms with Crippen molar-refractivity contribution >= 4 is 27.5 Å². The van der Waals surface area contributed by atoms with E-state index in [0.29, 0.717) is 11.3 Å². The zero-order valence-electron chi connectivity index (χ0n) is 13.8. The van der Waals surface area contributed by atoms with E-state index in [0.717, 1.165) is 0 Å². The van der Waals surface area contributed by atoms with Gasteiger partial charge in [0.2, 0.25) is 5.09 Å². The maximum absolute atomic E-state index is 12.6. The first-order valence-electron chi connectivity index (χ1n) is 7.83. The van der Waals surface area contributed by atoms with E-state index in [1.807, 2.05) is 0 Å². The third-order valence-electron chi connectivity index (χ3n) is 4.08. The SMILES string of the molecule is NC(=O)c1ccc(S(=O)(=O)N2CCN(C(=O)c3cccc(N)c3)CC2)o1. The molecule has 2 amide bonds. The van der Waals surface area contributed by atoms with Crippen molar-refractivity contribution in [2.75, 3.05) is 31.9 Å². The molecule has 1 aromatic carbocycles. The number of carbonyl (C=O) groups is 2. The van der Waals surface area contributed by atoms with E-state index in [4.69, 9.17) is 15.9 Å². The number of hydrogen-bond donors (Lipinski definition) is 2. The first kappa shape index (κ1) is 18.0. The van der Waals surface area contributed by atoms with Crippen molar-refractivity contribution in [3.8, 4) is 0 Å². The Kier molecular flexibility index (Phi) is 4.70. The van der Waals surface area contributed by atoms with E-state index in [2.05, 4.69) is 0 Å². The Labute approximate surface area is 150 Å². The minimum absolute atomic E-state index is 0.114. The summed E-state index contributed by atoms with van der Waals surface area (Å²) in [7, 11) is -3.89. The monoisotopic (exact) mass is 378 g/mol. The number of carbonyl (C=O) groups excluding carboxylic acids is 2. The number of primary amides is 1. The van der Waals surface area contributed by atoms with Gasteiger partial charge in [-0.25, -0.2) is 8.42 Å². The lowest BCUT2D eigenvalue weighted by molar-refractivity contribution is 0.0696. The van der Waals surface area contributed by atoms with Crippen molar-refractivity contribution in [2.45, 2.75) is 5.09 Å². The minimum atomic E-state index is -3.89. The van der Waals surface area contributed by atoms with Gasteiger partial charge in [-0.1, -0.05) is 6.07 Å². The van der Waals surface area contributed by atoms with Crippen molar-refractivity contribution in [1.29, 1.82) is 0 Å². The second kappa shape index (κ2) is 6.81. The molecule has 0 saturated carbocycles. The molecule has 3 rings (SSSR count). The molecule has 10 heteroatoms. The molecule has 1 fully saturated rings. The number of sulfonamides is 1. The fraction of sp³-hybridized carbons (Fsp3) is 0.250. The molecule has 1 aliphatic heterocycles. The molecule has 2 aromatic rings. The quantitative estimate of drug-likeness (QED) is 0.724. The number of rotatable bonds is 4. The summed E-state index contributed by atoms with van der Waals surface area (Å²) in [6.45, 7) is 0.693. The molecule has 1 aliphatic rings. The van der Waals surface area contributed by atoms with Gasteiger partial charge in [0, 0.05) is 37.4 Å². The van der Waals surface area contributed by atoms with Crippen LogP contribution in [0.3, 0.4) is 0 Å². The highest BCUT2D eigenvalue weighted by Crippen LogP contribution is 2.21. The number of furan rings is 1. The summed E-state index contributed by atoms with van der Waals surface area (Å²) in [5.74, 6) is -1.27. The van der Waals surface area contributed by atoms with Crippen LogP contribution < -0.4 is 11.5 Å². The second-order valence-corrected chi connectivity index (χ2v) is 7.67. The molecule has 1 saturated heterocycles. The minimum Gasteiger partial charge on any atom is -0.438 e. The number of nitrogens with two attached hydrogens (primary N) is 2. The molecule has 26 heavy (non-hydrogen) atoms. The van der Waals surface area contributed by atoms with E-state index in [1.165, 1.54) is 16.4 Å². The first-order valence-corrected chi connectivity index (χ1v) is 9.27. The van der Waals surface area contributed by atoms with Crippen LogP contribution in [0.25, 0.3) is 0 Å². The summed E-state index contributed by atoms with van der Waals surface area (Å²) >= 11 is 0. The largest absolute Gasteiger partial charge is 0.438 e. The van der Waals surface area contributed by atoms with Crippen molar-refractivity contribution in [2.24, 2.45) is 5.73 Å². The molecule has 2 heterocycles. The second-order valence-electron chi connectivity index (χ2n) is 5.80. The van der Waals surface area contributed by atoms with Crippen LogP contribution >= 0.6 is 0 Å². The van der Waals surface area contributed by atoms with Crippen LogP contribution in [0.2, 0.25) is 0 Å². The highest BCUT2D eigenvalue weighted by molar-refractivity contribution is 7.89. The Morgan fingerprint density at radius 1 is 1.04 bits per heavy atom. The van der Waals surface area contributed by atoms with Crippen LogP contribution in [0.4, 0.5) is 5.69 Å². The van der Waals surface area contributed by atoms with Gasteiger partial charge >= 0.3 is 0 Å². The van der Waals surface area contributed by atoms with E-state index in [-0.39, 0.29) is 42.9 Å². The Balaban J connectivity index is 1.69. The summed E-state index contributed by atoms with van der Waals surface area (Å²) in [6, 6.07) is 9.03. The standard InChI is InChI=1S/C16H18N4O5S/c17-12-3-1-2-11(10-12)16(22)19-6-8-20(9-7-19)26(23,24)14-5-4-13(25-14)15(18)21/h1-5,10H,6-9,17H2,(H2,18,21). The lowest BCUT2D eigenvalue weighted by Gasteiger charge is -2.33. The highest BCUT2D eigenvalue weighted by Gasteiger charge is 2.32. The number of anilines is 1. The van der Waals surface area contributed by atoms with Gasteiger partial charge in [-0.05, 0) is 30.3 Å². The van der Waals surface area contributed by atoms with Crippen molar-refractivity contribution in [3.05, 3.63) is 47.7 Å². The summed E-state index contributed by atoms with van der Waals surface area (Å²) in [6.07, 6.45) is 0. The number of benzene rings is 1. The molecule has 138 valence electrons. The molecule has 0 atom stereocenters. The van der Waals surface area contributed by atoms with E-state index < -0.39 is 15.9 Å². The Bertz CT molecular complexity index is 945. The van der Waals surface area contributed by atoms with Crippen molar-refractivity contribution in [1.82, 2.24) is 9.21 Å². The van der Waals surface area contributed by atoms with Gasteiger partial charge in [-0.2, -0.15) is 4.31 Å². The molecule has 1 aromatic heterocycles. The van der Waals surface area contributed by atoms with Crippen LogP contribution in [0.15, 0.2) is 45.9 Å². The molecular weight excluding hydrogens is 360 g/mol. The molecule has 9 nitrogen and oxygen atoms in total. The summed E-state index contributed by atoms with van der Waals surface area (Å²) in [5, 5.41) is -0.345. The fourth-order valence-electron chi connectivity index (χ4n) is 2.70. The summed E-state index contributed by atoms with van der Waals surface area (Å²) < 4.78 is 31.4. The van der Waals surface area contributed by atoms with E-state index in [9.17, 15) is 18.0 Å². The number of hydrogen-bond acceptors (Lipinski definition) is 6. The topological polar surface area (TPSA) is 140 Å². The molecule has 0 spiro atoms. The molecule has 0 bridgehead atoms. The third kappa shape index (κ3) is 3.41. The van der Waals surface area contributed by atoms with Crippen LogP contribution in [-0.2, 0) is 10.0 Å². The predicted molar refractivity (Wildman–Crippen MR) is 92.7 cm³/mol. The Morgan fingerprint density at radius 2 is 1.73 bits per heavy atom. The lowest BCUT2D eigenvalue weighted by Crippen LogP contribution is -2.50. The maximum Gasteiger partial charge on any atom is 0.284 e. The molecule has 0 aliphatic carbocycles. The Morgan fingerprint density at radius 3 is 2.31 bits per heavy atom. The maximum atomic E-state index is 12.6. The van der Waals surface area contributed by atoms with Crippen LogP contribution in [0, 0.1) is 0 Å². The van der Waals surface area contributed by atoms with Crippen molar-refractivity contribution in [3.63, 3.8) is 0 Å². The van der Waals surface area contributed by atoms with Gasteiger partial charge in [-0.15, -0.1) is 0 Å². The number of nitrogen functional groups attached to an aromatic ring is 1. The molecular formula is C16H18N4O5S. The fourth-order valence-corrected chi connectivity index (χ4v) is 4.04. The van der Waals surface area contributed by atoms with Crippen LogP contribution in [0.5, 0.6) is 0 Å². The third-order valence-corrected chi connectivity index (χ3v) is 5.85. The average Bonchev–Trinajstić information content (AvgIpc) is 3.12. The number of nitrogens with zero attached hydrogens (tertiary/aromatic N) is 2. The Hall–Kier alpha value is -2.85. The zero-order chi connectivity index (χ0) is 18.9. The zero-order valence-corrected chi connectivity index (χ0v) is 14.6. The van der Waals surface area contributed by atoms with Gasteiger partial charge < -0.3 is 20.8 Å². The molecule has 0 unspecified atom stereocenters. The van der Waals surface area contributed by atoms with Crippen LogP contribution in [0.1, 0.15) is 20.9 Å². The predicted octanol–water partition coefficient (Wildman–Crippen LogP) is 0.107. The first-order chi connectivity index (χ1) is 12.3. The highest BCUT2D eigenvalue weighted by atomic mass is 32.2. The van der Waals surface area contributed by atoms with Crippen molar-refractivity contribution < 1.29 is 22.4 Å². The summed E-state index contributed by atoms with van der Waals surface area (Å²) in [4.78, 5) is 25.1. The van der Waals surface area contributed by atoms with Crippen LogP contribution in [-0.4, -0.2) is 55.6 Å². The normalized spacial score (nSPS) is 15.8. The van der Waals surface area contributed by atoms with Gasteiger partial charge in [0.25, 0.3) is 21.8 Å². The van der Waals surface area contributed by atoms with Gasteiger partial charge in [-0.3, -0.25) is 9.59 Å². The summed E-state index contributed by atoms with van der Waals surface area (Å²) in [5.41, 5.74) is 11.7. The van der Waals surface area contributed by atoms with Gasteiger partial charge in [0.1, 0.15) is 0 Å². The number of piperazine rings is 1. The average molecular weight is 378 g/mol. The number of amides is 2. The van der Waals surface area contributed by atoms with E-state index in [1.54, 1.807) is 29.2 Å².